The fourth-order valence-electron chi connectivity index (χ4n) is 15.2. The summed E-state index contributed by atoms with van der Waals surface area (Å²) >= 11 is 0. The Morgan fingerprint density at radius 1 is 0.145 bits per heavy atom. The molecule has 0 fully saturated rings. The van der Waals surface area contributed by atoms with Gasteiger partial charge in [0.15, 0.2) is 0 Å². The molecule has 0 aromatic heterocycles. The van der Waals surface area contributed by atoms with Crippen molar-refractivity contribution in [3.05, 3.63) is 458 Å². The SMILES string of the molecule is Cc1cc(C#Cc2ccccc2)cc(-c2c(-c3ccccc3)c(-c3ccccc3)c(-c3ccc(Oc4ccc(-c5c(-c6ccccc6)c(-c6ccccc6)c(-c6cc(C#Cc7ccccc7)cc(C#Cc7ccccc7)c6)c(-c6ccccc6)c5-c5ccccc5)cc4)cc3)c(-c3ccccc3)c2-c2ccccc2)c1. The van der Waals surface area contributed by atoms with Gasteiger partial charge < -0.3 is 4.74 Å². The third-order valence-corrected chi connectivity index (χ3v) is 20.0. The Bertz CT molecular complexity index is 6030. The number of benzene rings is 17. The van der Waals surface area contributed by atoms with Gasteiger partial charge in [-0.3, -0.25) is 0 Å². The first kappa shape index (κ1) is 68.3. The molecule has 0 bridgehead atoms. The van der Waals surface area contributed by atoms with Crippen molar-refractivity contribution in [3.8, 4) is 181 Å². The zero-order valence-corrected chi connectivity index (χ0v) is 60.7. The van der Waals surface area contributed by atoms with Crippen LogP contribution in [0.2, 0.25) is 0 Å². The van der Waals surface area contributed by atoms with E-state index in [2.05, 4.69) is 406 Å². The molecule has 514 valence electrons. The lowest BCUT2D eigenvalue weighted by molar-refractivity contribution is 0.483. The van der Waals surface area contributed by atoms with Crippen LogP contribution in [0.5, 0.6) is 11.5 Å². The summed E-state index contributed by atoms with van der Waals surface area (Å²) in [6.07, 6.45) is 0. The summed E-state index contributed by atoms with van der Waals surface area (Å²) in [7, 11) is 0. The van der Waals surface area contributed by atoms with E-state index >= 15 is 0 Å². The van der Waals surface area contributed by atoms with Crippen LogP contribution in [0.1, 0.15) is 38.9 Å². The van der Waals surface area contributed by atoms with Gasteiger partial charge in [-0.25, -0.2) is 0 Å². The summed E-state index contributed by atoms with van der Waals surface area (Å²) < 4.78 is 7.10. The number of hydrogen-bond acceptors (Lipinski definition) is 1. The summed E-state index contributed by atoms with van der Waals surface area (Å²) in [5.74, 6) is 22.7. The summed E-state index contributed by atoms with van der Waals surface area (Å²) in [5.41, 5.74) is 32.7. The molecule has 1 heteroatoms. The van der Waals surface area contributed by atoms with Gasteiger partial charge in [0.1, 0.15) is 11.5 Å². The third-order valence-electron chi connectivity index (χ3n) is 20.0. The van der Waals surface area contributed by atoms with Crippen LogP contribution in [0.3, 0.4) is 0 Å². The number of rotatable bonds is 14. The largest absolute Gasteiger partial charge is 0.457 e. The summed E-state index contributed by atoms with van der Waals surface area (Å²) in [6.45, 7) is 2.18. The molecule has 17 aromatic rings. The van der Waals surface area contributed by atoms with Gasteiger partial charge in [-0.05, 0) is 237 Å². The normalized spacial score (nSPS) is 10.7. The van der Waals surface area contributed by atoms with Gasteiger partial charge in [-0.15, -0.1) is 0 Å². The number of hydrogen-bond donors (Lipinski definition) is 0. The molecule has 0 saturated heterocycles. The first-order valence-corrected chi connectivity index (χ1v) is 37.3. The lowest BCUT2D eigenvalue weighted by Crippen LogP contribution is -2.02. The Kier molecular flexibility index (Phi) is 19.8. The Hall–Kier alpha value is -14.8. The molecule has 17 rings (SSSR count). The zero-order valence-electron chi connectivity index (χ0n) is 60.7. The van der Waals surface area contributed by atoms with E-state index in [1.165, 1.54) is 0 Å². The minimum atomic E-state index is 0.702. The maximum absolute atomic E-state index is 7.10. The highest BCUT2D eigenvalue weighted by atomic mass is 16.5. The van der Waals surface area contributed by atoms with Gasteiger partial charge in [-0.1, -0.05) is 363 Å². The quantitative estimate of drug-likeness (QED) is 0.0986. The van der Waals surface area contributed by atoms with Crippen LogP contribution in [0.25, 0.3) is 134 Å². The molecule has 0 atom stereocenters. The Morgan fingerprint density at radius 2 is 0.318 bits per heavy atom. The molecule has 0 spiro atoms. The van der Waals surface area contributed by atoms with Gasteiger partial charge in [0, 0.05) is 33.4 Å². The summed E-state index contributed by atoms with van der Waals surface area (Å²) in [6, 6.07) is 149. The fourth-order valence-corrected chi connectivity index (χ4v) is 15.2. The van der Waals surface area contributed by atoms with Crippen molar-refractivity contribution >= 4 is 0 Å². The van der Waals surface area contributed by atoms with Crippen LogP contribution in [-0.4, -0.2) is 0 Å². The average molecular weight is 1400 g/mol. The minimum Gasteiger partial charge on any atom is -0.457 e. The predicted octanol–water partition coefficient (Wildman–Crippen LogP) is 28.0. The van der Waals surface area contributed by atoms with Gasteiger partial charge in [0.25, 0.3) is 0 Å². The van der Waals surface area contributed by atoms with Gasteiger partial charge in [0.2, 0.25) is 0 Å². The average Bonchev–Trinajstić information content (AvgIpc) is 0.721. The topological polar surface area (TPSA) is 9.23 Å². The van der Waals surface area contributed by atoms with E-state index < -0.39 is 0 Å². The highest BCUT2D eigenvalue weighted by molar-refractivity contribution is 6.17. The molecule has 0 aliphatic rings. The summed E-state index contributed by atoms with van der Waals surface area (Å²) in [4.78, 5) is 0. The molecular formula is C109H72O. The van der Waals surface area contributed by atoms with Crippen molar-refractivity contribution in [2.45, 2.75) is 6.92 Å². The zero-order chi connectivity index (χ0) is 73.8. The monoisotopic (exact) mass is 1400 g/mol. The Labute approximate surface area is 645 Å². The van der Waals surface area contributed by atoms with E-state index in [0.29, 0.717) is 11.5 Å². The fraction of sp³-hybridized carbons (Fsp3) is 0.00917. The van der Waals surface area contributed by atoms with E-state index in [-0.39, 0.29) is 0 Å². The molecule has 0 heterocycles. The van der Waals surface area contributed by atoms with E-state index in [9.17, 15) is 0 Å². The van der Waals surface area contributed by atoms with Crippen molar-refractivity contribution < 1.29 is 4.74 Å². The molecule has 110 heavy (non-hydrogen) atoms. The Morgan fingerprint density at radius 3 is 0.545 bits per heavy atom. The van der Waals surface area contributed by atoms with E-state index in [1.54, 1.807) is 0 Å². The minimum absolute atomic E-state index is 0.702. The van der Waals surface area contributed by atoms with E-state index in [4.69, 9.17) is 4.74 Å². The van der Waals surface area contributed by atoms with Crippen LogP contribution in [-0.2, 0) is 0 Å². The Balaban J connectivity index is 0.859. The van der Waals surface area contributed by atoms with E-state index in [0.717, 1.165) is 172 Å². The molecule has 17 aromatic carbocycles. The molecule has 0 aliphatic heterocycles. The predicted molar refractivity (Wildman–Crippen MR) is 460 cm³/mol. The molecular weight excluding hydrogens is 1330 g/mol. The van der Waals surface area contributed by atoms with Crippen LogP contribution >= 0.6 is 0 Å². The first-order valence-electron chi connectivity index (χ1n) is 37.3. The smallest absolute Gasteiger partial charge is 0.127 e. The second-order valence-electron chi connectivity index (χ2n) is 27.3. The molecule has 0 N–H and O–H groups in total. The third kappa shape index (κ3) is 14.7. The highest BCUT2D eigenvalue weighted by Crippen LogP contribution is 2.59. The second-order valence-corrected chi connectivity index (χ2v) is 27.3. The lowest BCUT2D eigenvalue weighted by atomic mass is 9.74. The van der Waals surface area contributed by atoms with Crippen LogP contribution in [0.4, 0.5) is 0 Å². The van der Waals surface area contributed by atoms with Crippen molar-refractivity contribution in [3.63, 3.8) is 0 Å². The molecule has 0 amide bonds. The van der Waals surface area contributed by atoms with Crippen molar-refractivity contribution in [1.29, 1.82) is 0 Å². The number of ether oxygens (including phenoxy) is 1. The van der Waals surface area contributed by atoms with Crippen molar-refractivity contribution in [1.82, 2.24) is 0 Å². The second kappa shape index (κ2) is 31.9. The van der Waals surface area contributed by atoms with Crippen molar-refractivity contribution in [2.75, 3.05) is 0 Å². The van der Waals surface area contributed by atoms with Gasteiger partial charge >= 0.3 is 0 Å². The van der Waals surface area contributed by atoms with Crippen molar-refractivity contribution in [2.24, 2.45) is 0 Å². The lowest BCUT2D eigenvalue weighted by Gasteiger charge is -2.29. The highest BCUT2D eigenvalue weighted by Gasteiger charge is 2.32. The molecule has 0 saturated carbocycles. The molecule has 0 unspecified atom stereocenters. The molecule has 0 aliphatic carbocycles. The standard InChI is InChI=1S/C109H72O/c1-77-71-81(60-57-78-35-13-2-14-36-78)74-94(72-77)108-102(88-49-27-9-28-50-88)98(84-41-19-5-20-42-84)106(99(85-43-21-6-22-44-85)103(108)89-51-29-10-30-52-89)92-63-67-96(68-64-92)110-97-69-65-93(66-70-97)107-100(86-45-23-7-24-46-86)104(90-53-31-11-32-54-90)109(105(91-55-33-12-34-56-91)101(107)87-47-25-8-26-48-87)95-75-82(61-58-79-37-15-3-16-38-79)73-83(76-95)62-59-80-39-17-4-18-40-80/h2-56,63-76H,1H3. The maximum atomic E-state index is 7.10. The summed E-state index contributed by atoms with van der Waals surface area (Å²) in [5, 5.41) is 0. The van der Waals surface area contributed by atoms with E-state index in [1.807, 2.05) is 54.6 Å². The number of aryl methyl sites for hydroxylation is 1. The van der Waals surface area contributed by atoms with Crippen LogP contribution < -0.4 is 4.74 Å². The molecule has 0 radical (unpaired) electrons. The maximum Gasteiger partial charge on any atom is 0.127 e. The van der Waals surface area contributed by atoms with Crippen LogP contribution in [0.15, 0.2) is 419 Å². The molecule has 1 nitrogen and oxygen atoms in total. The van der Waals surface area contributed by atoms with Gasteiger partial charge in [-0.2, -0.15) is 0 Å². The van der Waals surface area contributed by atoms with Crippen LogP contribution in [0, 0.1) is 42.4 Å². The van der Waals surface area contributed by atoms with Gasteiger partial charge in [0.05, 0.1) is 0 Å². The first-order chi connectivity index (χ1) is 54.5.